The van der Waals surface area contributed by atoms with E-state index in [1.807, 2.05) is 14.1 Å². The van der Waals surface area contributed by atoms with E-state index in [9.17, 15) is 0 Å². The first-order valence-corrected chi connectivity index (χ1v) is 4.04. The lowest BCUT2D eigenvalue weighted by atomic mass is 10.6. The molecule has 0 atom stereocenters. The second kappa shape index (κ2) is 7.09. The molecule has 0 unspecified atom stereocenters. The smallest absolute Gasteiger partial charge is 0.123 e. The summed E-state index contributed by atoms with van der Waals surface area (Å²) in [7, 11) is 3.75. The molecule has 0 aromatic heterocycles. The van der Waals surface area contributed by atoms with Gasteiger partial charge in [0, 0.05) is 20.1 Å². The third-order valence-corrected chi connectivity index (χ3v) is 1.20. The van der Waals surface area contributed by atoms with E-state index >= 15 is 0 Å². The van der Waals surface area contributed by atoms with E-state index in [2.05, 4.69) is 22.3 Å². The topological polar surface area (TPSA) is 39.7 Å². The fourth-order valence-corrected chi connectivity index (χ4v) is 0.591. The highest BCUT2D eigenvalue weighted by molar-refractivity contribution is 6.29. The molecule has 0 amide bonds. The van der Waals surface area contributed by atoms with Crippen molar-refractivity contribution >= 4 is 17.9 Å². The van der Waals surface area contributed by atoms with E-state index in [1.165, 1.54) is 0 Å². The molecule has 0 aliphatic heterocycles. The van der Waals surface area contributed by atoms with Crippen LogP contribution in [0.15, 0.2) is 16.7 Å². The minimum Gasteiger partial charge on any atom is -0.318 e. The lowest BCUT2D eigenvalue weighted by Gasteiger charge is -2.13. The van der Waals surface area contributed by atoms with Gasteiger partial charge in [-0.15, -0.1) is 0 Å². The maximum atomic E-state index is 5.42. The Morgan fingerprint density at radius 2 is 2.33 bits per heavy atom. The predicted octanol–water partition coefficient (Wildman–Crippen LogP) is 0.380. The second-order valence-electron chi connectivity index (χ2n) is 2.24. The fraction of sp³-hybridized carbons (Fsp3) is 0.571. The average molecular weight is 191 g/mol. The molecule has 0 aliphatic carbocycles. The maximum Gasteiger partial charge on any atom is 0.123 e. The molecule has 0 aliphatic rings. The Bertz CT molecular complexity index is 157. The highest BCUT2D eigenvalue weighted by Crippen LogP contribution is 1.94. The van der Waals surface area contributed by atoms with Crippen LogP contribution in [0.25, 0.3) is 0 Å². The minimum atomic E-state index is 0.275. The first-order valence-electron chi connectivity index (χ1n) is 3.66. The van der Waals surface area contributed by atoms with Crippen molar-refractivity contribution in [3.63, 3.8) is 0 Å². The molecule has 4 nitrogen and oxygen atoms in total. The third-order valence-electron chi connectivity index (χ3n) is 1.11. The highest BCUT2D eigenvalue weighted by Gasteiger charge is 1.88. The molecular formula is C7H15ClN4. The molecule has 0 aromatic carbocycles. The predicted molar refractivity (Wildman–Crippen MR) is 53.2 cm³/mol. The number of nitrogens with zero attached hydrogens (tertiary/aromatic N) is 2. The first kappa shape index (κ1) is 11.4. The van der Waals surface area contributed by atoms with Gasteiger partial charge >= 0.3 is 0 Å². The van der Waals surface area contributed by atoms with Crippen LogP contribution in [0.1, 0.15) is 0 Å². The number of hydrazine groups is 1. The summed E-state index contributed by atoms with van der Waals surface area (Å²) in [5.41, 5.74) is 3.06. The molecular weight excluding hydrogens is 176 g/mol. The number of likely N-dealkylation sites (N-methyl/N-ethyl adjacent to an activating group) is 1. The number of nitrogens with one attached hydrogen (secondary N) is 2. The molecule has 5 heteroatoms. The van der Waals surface area contributed by atoms with Crippen LogP contribution < -0.4 is 10.7 Å². The van der Waals surface area contributed by atoms with Crippen molar-refractivity contribution in [1.82, 2.24) is 15.8 Å². The molecule has 0 aromatic rings. The van der Waals surface area contributed by atoms with Crippen LogP contribution in [-0.2, 0) is 0 Å². The van der Waals surface area contributed by atoms with Crippen LogP contribution in [0, 0.1) is 0 Å². The Morgan fingerprint density at radius 1 is 1.67 bits per heavy atom. The van der Waals surface area contributed by atoms with E-state index in [1.54, 1.807) is 11.3 Å². The van der Waals surface area contributed by atoms with Gasteiger partial charge in [0.25, 0.3) is 0 Å². The molecule has 0 rings (SSSR count). The Hall–Kier alpha value is -0.580. The van der Waals surface area contributed by atoms with E-state index in [0.717, 1.165) is 13.1 Å². The fourth-order valence-electron chi connectivity index (χ4n) is 0.547. The summed E-state index contributed by atoms with van der Waals surface area (Å²) < 4.78 is 0. The van der Waals surface area contributed by atoms with Gasteiger partial charge in [-0.1, -0.05) is 18.2 Å². The Balaban J connectivity index is 3.45. The van der Waals surface area contributed by atoms with Crippen molar-refractivity contribution in [2.24, 2.45) is 4.99 Å². The lowest BCUT2D eigenvalue weighted by Crippen LogP contribution is -2.37. The Kier molecular flexibility index (Phi) is 6.75. The normalized spacial score (nSPS) is 10.6. The van der Waals surface area contributed by atoms with Crippen LogP contribution in [0.2, 0.25) is 0 Å². The Labute approximate surface area is 78.3 Å². The average Bonchev–Trinajstić information content (AvgIpc) is 2.01. The van der Waals surface area contributed by atoms with E-state index in [0.29, 0.717) is 0 Å². The van der Waals surface area contributed by atoms with E-state index < -0.39 is 0 Å². The van der Waals surface area contributed by atoms with Gasteiger partial charge in [-0.05, 0) is 7.05 Å². The molecule has 0 saturated heterocycles. The zero-order chi connectivity index (χ0) is 9.40. The molecule has 2 N–H and O–H groups in total. The van der Waals surface area contributed by atoms with Crippen LogP contribution in [0.4, 0.5) is 0 Å². The van der Waals surface area contributed by atoms with Gasteiger partial charge in [-0.3, -0.25) is 0 Å². The molecule has 0 heterocycles. The molecule has 0 saturated carbocycles. The molecule has 0 fully saturated rings. The number of rotatable bonds is 6. The molecule has 0 radical (unpaired) electrons. The highest BCUT2D eigenvalue weighted by atomic mass is 35.5. The molecule has 0 spiro atoms. The zero-order valence-electron chi connectivity index (χ0n) is 7.47. The monoisotopic (exact) mass is 190 g/mol. The zero-order valence-corrected chi connectivity index (χ0v) is 8.23. The molecule has 70 valence electrons. The summed E-state index contributed by atoms with van der Waals surface area (Å²) >= 11 is 5.42. The van der Waals surface area contributed by atoms with Gasteiger partial charge in [0.05, 0.1) is 0 Å². The summed E-state index contributed by atoms with van der Waals surface area (Å²) in [6.07, 6.45) is 1.57. The van der Waals surface area contributed by atoms with Crippen LogP contribution in [-0.4, -0.2) is 38.5 Å². The molecule has 0 bridgehead atoms. The van der Waals surface area contributed by atoms with Gasteiger partial charge in [-0.2, -0.15) is 0 Å². The maximum absolute atomic E-state index is 5.42. The summed E-state index contributed by atoms with van der Waals surface area (Å²) in [4.78, 5) is 3.79. The van der Waals surface area contributed by atoms with Crippen molar-refractivity contribution in [2.75, 3.05) is 27.2 Å². The van der Waals surface area contributed by atoms with Gasteiger partial charge in [0.1, 0.15) is 11.5 Å². The quantitative estimate of drug-likeness (QED) is 0.209. The van der Waals surface area contributed by atoms with Crippen molar-refractivity contribution < 1.29 is 0 Å². The van der Waals surface area contributed by atoms with Crippen LogP contribution in [0.5, 0.6) is 0 Å². The summed E-state index contributed by atoms with van der Waals surface area (Å²) in [6.45, 7) is 5.17. The van der Waals surface area contributed by atoms with Crippen molar-refractivity contribution in [2.45, 2.75) is 0 Å². The van der Waals surface area contributed by atoms with E-state index in [4.69, 9.17) is 11.6 Å². The van der Waals surface area contributed by atoms with E-state index in [-0.39, 0.29) is 5.16 Å². The third kappa shape index (κ3) is 7.53. The number of halogens is 1. The standard InChI is InChI=1S/C7H15ClN4/c1-7(8)10-6-12(3)11-5-4-9-2/h6,9,11H,1,4-5H2,2-3H3. The first-order chi connectivity index (χ1) is 5.66. The number of hydrogen-bond acceptors (Lipinski definition) is 3. The van der Waals surface area contributed by atoms with Crippen molar-refractivity contribution in [3.8, 4) is 0 Å². The summed E-state index contributed by atoms with van der Waals surface area (Å²) in [5.74, 6) is 0. The van der Waals surface area contributed by atoms with Crippen molar-refractivity contribution in [3.05, 3.63) is 11.7 Å². The Morgan fingerprint density at radius 3 is 2.83 bits per heavy atom. The van der Waals surface area contributed by atoms with Gasteiger partial charge in [-0.25, -0.2) is 10.4 Å². The van der Waals surface area contributed by atoms with Crippen LogP contribution in [0.3, 0.4) is 0 Å². The largest absolute Gasteiger partial charge is 0.318 e. The summed E-state index contributed by atoms with van der Waals surface area (Å²) in [5, 5.41) is 5.01. The van der Waals surface area contributed by atoms with Gasteiger partial charge in [0.2, 0.25) is 0 Å². The number of aliphatic imine (C=N–C) groups is 1. The lowest BCUT2D eigenvalue weighted by molar-refractivity contribution is 0.377. The molecule has 12 heavy (non-hydrogen) atoms. The van der Waals surface area contributed by atoms with Gasteiger partial charge in [0.15, 0.2) is 0 Å². The van der Waals surface area contributed by atoms with Gasteiger partial charge < -0.3 is 10.3 Å². The van der Waals surface area contributed by atoms with Crippen LogP contribution >= 0.6 is 11.6 Å². The number of hydrogen-bond donors (Lipinski definition) is 2. The summed E-state index contributed by atoms with van der Waals surface area (Å²) in [6, 6.07) is 0. The second-order valence-corrected chi connectivity index (χ2v) is 2.68. The minimum absolute atomic E-state index is 0.275. The van der Waals surface area contributed by atoms with Crippen molar-refractivity contribution in [1.29, 1.82) is 0 Å². The SMILES string of the molecule is C=C(Cl)N=CN(C)NCCNC.